The lowest BCUT2D eigenvalue weighted by Gasteiger charge is -2.45. The molecule has 0 radical (unpaired) electrons. The molecule has 224 valence electrons. The number of urea groups is 1. The number of alkyl halides is 3. The molecule has 42 heavy (non-hydrogen) atoms. The van der Waals surface area contributed by atoms with E-state index in [1.165, 1.54) is 6.07 Å². The van der Waals surface area contributed by atoms with Crippen molar-refractivity contribution in [3.63, 3.8) is 0 Å². The SMILES string of the molecule is CC(C)(C)OC(=O)NCc1ccc(NC(=O)N2c3nc(-c4cccc(C(F)(F)F)c4)ccc3N3CCC[C@H]2C3)cc1.Cl. The average molecular weight is 604 g/mol. The number of carbonyl (C=O) groups excluding carboxylic acids is 2. The Hall–Kier alpha value is -3.99. The molecule has 5 rings (SSSR count). The summed E-state index contributed by atoms with van der Waals surface area (Å²) in [5.74, 6) is 0.423. The minimum Gasteiger partial charge on any atom is -0.444 e. The zero-order chi connectivity index (χ0) is 29.4. The Morgan fingerprint density at radius 2 is 1.79 bits per heavy atom. The fraction of sp³-hybridized carbons (Fsp3) is 0.367. The Morgan fingerprint density at radius 3 is 2.48 bits per heavy atom. The Morgan fingerprint density at radius 1 is 1.05 bits per heavy atom. The second kappa shape index (κ2) is 12.1. The van der Waals surface area contributed by atoms with Crippen LogP contribution in [0.1, 0.15) is 44.7 Å². The van der Waals surface area contributed by atoms with E-state index in [4.69, 9.17) is 9.72 Å². The molecule has 1 saturated heterocycles. The molecule has 1 atom stereocenters. The van der Waals surface area contributed by atoms with Crippen LogP contribution in [0, 0.1) is 0 Å². The number of rotatable bonds is 4. The summed E-state index contributed by atoms with van der Waals surface area (Å²) in [6, 6.07) is 15.1. The number of pyridine rings is 1. The number of nitrogens with zero attached hydrogens (tertiary/aromatic N) is 3. The van der Waals surface area contributed by atoms with Crippen LogP contribution >= 0.6 is 12.4 Å². The lowest BCUT2D eigenvalue weighted by Crippen LogP contribution is -2.56. The number of carbonyl (C=O) groups is 2. The molecule has 0 spiro atoms. The van der Waals surface area contributed by atoms with Gasteiger partial charge in [-0.2, -0.15) is 13.2 Å². The van der Waals surface area contributed by atoms with Crippen LogP contribution in [0.15, 0.2) is 60.7 Å². The molecule has 8 nitrogen and oxygen atoms in total. The maximum atomic E-state index is 13.6. The van der Waals surface area contributed by atoms with Gasteiger partial charge in [-0.3, -0.25) is 4.90 Å². The Labute approximate surface area is 248 Å². The highest BCUT2D eigenvalue weighted by Crippen LogP contribution is 2.40. The largest absolute Gasteiger partial charge is 0.444 e. The number of alkyl carbamates (subject to hydrolysis) is 1. The van der Waals surface area contributed by atoms with E-state index in [0.29, 0.717) is 29.3 Å². The topological polar surface area (TPSA) is 86.8 Å². The summed E-state index contributed by atoms with van der Waals surface area (Å²) >= 11 is 0. The maximum absolute atomic E-state index is 13.6. The molecule has 3 aromatic rings. The van der Waals surface area contributed by atoms with E-state index in [1.807, 2.05) is 6.07 Å². The van der Waals surface area contributed by atoms with Gasteiger partial charge in [-0.25, -0.2) is 14.6 Å². The van der Waals surface area contributed by atoms with Crippen LogP contribution in [0.4, 0.5) is 40.0 Å². The van der Waals surface area contributed by atoms with Gasteiger partial charge in [0.1, 0.15) is 5.60 Å². The molecular weight excluding hydrogens is 571 g/mol. The van der Waals surface area contributed by atoms with Crippen molar-refractivity contribution >= 4 is 41.7 Å². The minimum atomic E-state index is -4.47. The number of halogens is 4. The van der Waals surface area contributed by atoms with Crippen molar-refractivity contribution < 1.29 is 27.5 Å². The highest BCUT2D eigenvalue weighted by atomic mass is 35.5. The van der Waals surface area contributed by atoms with Gasteiger partial charge in [0, 0.05) is 30.9 Å². The van der Waals surface area contributed by atoms with Crippen LogP contribution in [0.2, 0.25) is 0 Å². The summed E-state index contributed by atoms with van der Waals surface area (Å²) in [5, 5.41) is 5.64. The highest BCUT2D eigenvalue weighted by molar-refractivity contribution is 6.04. The molecule has 3 heterocycles. The summed E-state index contributed by atoms with van der Waals surface area (Å²) in [5.41, 5.74) is 1.49. The molecule has 12 heteroatoms. The number of piperidine rings is 1. The normalized spacial score (nSPS) is 16.2. The van der Waals surface area contributed by atoms with Gasteiger partial charge in [0.15, 0.2) is 5.82 Å². The van der Waals surface area contributed by atoms with Crippen molar-refractivity contribution in [1.82, 2.24) is 10.3 Å². The molecule has 1 fully saturated rings. The minimum absolute atomic E-state index is 0. The molecule has 3 amide bonds. The first-order valence-corrected chi connectivity index (χ1v) is 13.5. The van der Waals surface area contributed by atoms with Gasteiger partial charge in [0.25, 0.3) is 0 Å². The number of fused-ring (bicyclic) bond motifs is 4. The molecule has 0 saturated carbocycles. The van der Waals surface area contributed by atoms with Gasteiger partial charge < -0.3 is 20.3 Å². The van der Waals surface area contributed by atoms with Crippen molar-refractivity contribution in [1.29, 1.82) is 0 Å². The molecule has 2 N–H and O–H groups in total. The van der Waals surface area contributed by atoms with Crippen LogP contribution in [-0.2, 0) is 17.5 Å². The monoisotopic (exact) mass is 603 g/mol. The number of hydrogen-bond acceptors (Lipinski definition) is 5. The molecule has 2 bridgehead atoms. The lowest BCUT2D eigenvalue weighted by molar-refractivity contribution is -0.137. The summed E-state index contributed by atoms with van der Waals surface area (Å²) in [4.78, 5) is 34.1. The van der Waals surface area contributed by atoms with Crippen LogP contribution in [0.5, 0.6) is 0 Å². The zero-order valence-corrected chi connectivity index (χ0v) is 24.3. The maximum Gasteiger partial charge on any atom is 0.416 e. The molecule has 0 unspecified atom stereocenters. The number of hydrogen-bond donors (Lipinski definition) is 2. The van der Waals surface area contributed by atoms with Gasteiger partial charge in [-0.15, -0.1) is 12.4 Å². The van der Waals surface area contributed by atoms with Crippen LogP contribution < -0.4 is 20.4 Å². The molecular formula is C30H33ClF3N5O3. The van der Waals surface area contributed by atoms with E-state index in [1.54, 1.807) is 62.1 Å². The van der Waals surface area contributed by atoms with E-state index >= 15 is 0 Å². The predicted octanol–water partition coefficient (Wildman–Crippen LogP) is 7.23. The van der Waals surface area contributed by atoms with Crippen molar-refractivity contribution in [3.05, 3.63) is 71.8 Å². The van der Waals surface area contributed by atoms with E-state index in [9.17, 15) is 22.8 Å². The average Bonchev–Trinajstić information content (AvgIpc) is 2.91. The molecule has 0 aliphatic carbocycles. The van der Waals surface area contributed by atoms with Crippen molar-refractivity contribution in [2.45, 2.75) is 58.0 Å². The molecule has 1 aromatic heterocycles. The molecule has 2 aliphatic rings. The van der Waals surface area contributed by atoms with Gasteiger partial charge in [-0.05, 0) is 75.6 Å². The Kier molecular flexibility index (Phi) is 8.91. The summed E-state index contributed by atoms with van der Waals surface area (Å²) in [6.45, 7) is 7.11. The highest BCUT2D eigenvalue weighted by Gasteiger charge is 2.38. The number of anilines is 3. The van der Waals surface area contributed by atoms with Gasteiger partial charge in [0.2, 0.25) is 0 Å². The fourth-order valence-electron chi connectivity index (χ4n) is 5.08. The number of aromatic nitrogens is 1. The van der Waals surface area contributed by atoms with Gasteiger partial charge >= 0.3 is 18.3 Å². The first-order valence-electron chi connectivity index (χ1n) is 13.5. The van der Waals surface area contributed by atoms with Crippen molar-refractivity contribution in [2.75, 3.05) is 28.2 Å². The number of ether oxygens (including phenoxy) is 1. The van der Waals surface area contributed by atoms with Crippen LogP contribution in [0.25, 0.3) is 11.3 Å². The third-order valence-electron chi connectivity index (χ3n) is 6.93. The van der Waals surface area contributed by atoms with Crippen molar-refractivity contribution in [3.8, 4) is 11.3 Å². The summed E-state index contributed by atoms with van der Waals surface area (Å²) in [7, 11) is 0. The van der Waals surface area contributed by atoms with E-state index in [0.717, 1.165) is 42.8 Å². The first kappa shape index (κ1) is 31.0. The van der Waals surface area contributed by atoms with Crippen LogP contribution in [-0.4, -0.2) is 41.8 Å². The number of benzene rings is 2. The number of nitrogens with one attached hydrogen (secondary N) is 2. The van der Waals surface area contributed by atoms with E-state index < -0.39 is 23.4 Å². The fourth-order valence-corrected chi connectivity index (χ4v) is 5.08. The van der Waals surface area contributed by atoms with Crippen LogP contribution in [0.3, 0.4) is 0 Å². The third kappa shape index (κ3) is 7.07. The smallest absolute Gasteiger partial charge is 0.416 e. The second-order valence-electron chi connectivity index (χ2n) is 11.2. The zero-order valence-electron chi connectivity index (χ0n) is 23.5. The summed E-state index contributed by atoms with van der Waals surface area (Å²) in [6.07, 6.45) is -3.30. The third-order valence-corrected chi connectivity index (χ3v) is 6.93. The van der Waals surface area contributed by atoms with Gasteiger partial charge in [-0.1, -0.05) is 24.3 Å². The molecule has 2 aliphatic heterocycles. The molecule has 2 aromatic carbocycles. The summed E-state index contributed by atoms with van der Waals surface area (Å²) < 4.78 is 45.3. The Balaban J connectivity index is 0.00000405. The van der Waals surface area contributed by atoms with E-state index in [-0.39, 0.29) is 31.0 Å². The lowest BCUT2D eigenvalue weighted by atomic mass is 9.99. The first-order chi connectivity index (χ1) is 19.4. The second-order valence-corrected chi connectivity index (χ2v) is 11.2. The number of amides is 3. The van der Waals surface area contributed by atoms with Gasteiger partial charge in [0.05, 0.1) is 23.0 Å². The van der Waals surface area contributed by atoms with E-state index in [2.05, 4.69) is 15.5 Å². The quantitative estimate of drug-likeness (QED) is 0.328. The van der Waals surface area contributed by atoms with Crippen molar-refractivity contribution in [2.24, 2.45) is 0 Å². The Bertz CT molecular complexity index is 1440. The standard InChI is InChI=1S/C30H32F3N5O3.ClH/c1-29(2,3)41-28(40)34-17-19-9-11-22(12-10-19)35-27(39)38-23-8-5-15-37(18-23)25-14-13-24(36-26(25)38)20-6-4-7-21(16-20)30(31,32)33;/h4,6-7,9-14,16,23H,5,8,15,17-18H2,1-3H3,(H,34,40)(H,35,39);1H/t23-;/m0./s1. The predicted molar refractivity (Wildman–Crippen MR) is 158 cm³/mol.